The van der Waals surface area contributed by atoms with Crippen molar-refractivity contribution in [1.29, 1.82) is 0 Å². The summed E-state index contributed by atoms with van der Waals surface area (Å²) in [5.41, 5.74) is 0.427. The number of unbranched alkanes of at least 4 members (excludes halogenated alkanes) is 1. The SMILES string of the molecule is CC(=O)NCCCCC(C)(C)C.[HH]. The highest BCUT2D eigenvalue weighted by Crippen LogP contribution is 2.20. The molecule has 0 radical (unpaired) electrons. The van der Waals surface area contributed by atoms with Crippen molar-refractivity contribution in [3.05, 3.63) is 0 Å². The summed E-state index contributed by atoms with van der Waals surface area (Å²) in [7, 11) is 0. The normalized spacial score (nSPS) is 11.3. The van der Waals surface area contributed by atoms with Gasteiger partial charge in [0.15, 0.2) is 0 Å². The van der Waals surface area contributed by atoms with Crippen molar-refractivity contribution in [1.82, 2.24) is 5.32 Å². The largest absolute Gasteiger partial charge is 0.356 e. The van der Waals surface area contributed by atoms with Crippen LogP contribution >= 0.6 is 0 Å². The standard InChI is InChI=1S/C10H21NO.H2/c1-9(12)11-8-6-5-7-10(2,3)4;/h5-8H2,1-4H3,(H,11,12);1H. The second-order valence-corrected chi connectivity index (χ2v) is 4.50. The van der Waals surface area contributed by atoms with Crippen LogP contribution in [-0.2, 0) is 4.79 Å². The third kappa shape index (κ3) is 9.47. The number of nitrogens with one attached hydrogen (secondary N) is 1. The van der Waals surface area contributed by atoms with Gasteiger partial charge in [0.05, 0.1) is 0 Å². The smallest absolute Gasteiger partial charge is 0.216 e. The summed E-state index contributed by atoms with van der Waals surface area (Å²) in [6, 6.07) is 0. The molecule has 0 aromatic carbocycles. The van der Waals surface area contributed by atoms with E-state index in [2.05, 4.69) is 26.1 Å². The topological polar surface area (TPSA) is 29.1 Å². The van der Waals surface area contributed by atoms with Crippen LogP contribution in [0.3, 0.4) is 0 Å². The monoisotopic (exact) mass is 173 g/mol. The lowest BCUT2D eigenvalue weighted by molar-refractivity contribution is -0.118. The Morgan fingerprint density at radius 2 is 1.92 bits per heavy atom. The molecular weight excluding hydrogens is 150 g/mol. The zero-order valence-electron chi connectivity index (χ0n) is 8.74. The van der Waals surface area contributed by atoms with E-state index in [0.29, 0.717) is 5.41 Å². The Hall–Kier alpha value is -0.530. The molecule has 1 amide bonds. The third-order valence-electron chi connectivity index (χ3n) is 1.73. The van der Waals surface area contributed by atoms with Crippen LogP contribution in [0.5, 0.6) is 0 Å². The lowest BCUT2D eigenvalue weighted by Gasteiger charge is -2.17. The van der Waals surface area contributed by atoms with E-state index in [4.69, 9.17) is 0 Å². The van der Waals surface area contributed by atoms with Crippen molar-refractivity contribution in [2.24, 2.45) is 5.41 Å². The van der Waals surface area contributed by atoms with Crippen LogP contribution in [0.25, 0.3) is 0 Å². The molecule has 12 heavy (non-hydrogen) atoms. The van der Waals surface area contributed by atoms with Gasteiger partial charge in [-0.25, -0.2) is 0 Å². The highest BCUT2D eigenvalue weighted by Gasteiger charge is 2.08. The van der Waals surface area contributed by atoms with Crippen LogP contribution in [0.15, 0.2) is 0 Å². The number of carbonyl (C=O) groups excluding carboxylic acids is 1. The zero-order valence-corrected chi connectivity index (χ0v) is 8.74. The van der Waals surface area contributed by atoms with Gasteiger partial charge in [0.1, 0.15) is 0 Å². The fraction of sp³-hybridized carbons (Fsp3) is 0.900. The molecule has 0 unspecified atom stereocenters. The number of hydrogen-bond donors (Lipinski definition) is 1. The van der Waals surface area contributed by atoms with Crippen LogP contribution in [-0.4, -0.2) is 12.5 Å². The summed E-state index contributed by atoms with van der Waals surface area (Å²) < 4.78 is 0. The van der Waals surface area contributed by atoms with Gasteiger partial charge in [-0.15, -0.1) is 0 Å². The maximum atomic E-state index is 10.5. The summed E-state index contributed by atoms with van der Waals surface area (Å²) in [6.45, 7) is 9.11. The molecule has 0 spiro atoms. The number of carbonyl (C=O) groups is 1. The van der Waals surface area contributed by atoms with Gasteiger partial charge in [0.2, 0.25) is 5.91 Å². The molecule has 2 nitrogen and oxygen atoms in total. The minimum atomic E-state index is 0. The van der Waals surface area contributed by atoms with Crippen LogP contribution in [0, 0.1) is 5.41 Å². The van der Waals surface area contributed by atoms with Crippen molar-refractivity contribution in [3.63, 3.8) is 0 Å². The molecule has 0 heterocycles. The summed E-state index contributed by atoms with van der Waals surface area (Å²) in [6.07, 6.45) is 3.52. The lowest BCUT2D eigenvalue weighted by Crippen LogP contribution is -2.21. The van der Waals surface area contributed by atoms with Crippen LogP contribution in [0.1, 0.15) is 48.4 Å². The summed E-state index contributed by atoms with van der Waals surface area (Å²) in [5, 5.41) is 2.79. The molecule has 0 fully saturated rings. The first kappa shape index (κ1) is 11.5. The van der Waals surface area contributed by atoms with Crippen molar-refractivity contribution >= 4 is 5.91 Å². The number of amides is 1. The fourth-order valence-electron chi connectivity index (χ4n) is 1.04. The highest BCUT2D eigenvalue weighted by molar-refractivity contribution is 5.72. The Labute approximate surface area is 77.2 Å². The molecule has 0 aliphatic rings. The number of hydrogen-bond acceptors (Lipinski definition) is 1. The molecule has 0 saturated heterocycles. The Morgan fingerprint density at radius 3 is 2.33 bits per heavy atom. The predicted molar refractivity (Wildman–Crippen MR) is 54.1 cm³/mol. The highest BCUT2D eigenvalue weighted by atomic mass is 16.1. The Balaban J connectivity index is 0. The van der Waals surface area contributed by atoms with Gasteiger partial charge >= 0.3 is 0 Å². The fourth-order valence-corrected chi connectivity index (χ4v) is 1.04. The van der Waals surface area contributed by atoms with E-state index < -0.39 is 0 Å². The van der Waals surface area contributed by atoms with E-state index in [1.807, 2.05) is 0 Å². The Bertz CT molecular complexity index is 140. The summed E-state index contributed by atoms with van der Waals surface area (Å²) in [4.78, 5) is 10.5. The van der Waals surface area contributed by atoms with Crippen molar-refractivity contribution in [3.8, 4) is 0 Å². The molecule has 0 bridgehead atoms. The maximum absolute atomic E-state index is 10.5. The molecule has 0 aliphatic heterocycles. The van der Waals surface area contributed by atoms with Crippen LogP contribution in [0.4, 0.5) is 0 Å². The zero-order chi connectivity index (χ0) is 9.61. The van der Waals surface area contributed by atoms with Gasteiger partial charge in [-0.2, -0.15) is 0 Å². The van der Waals surface area contributed by atoms with Gasteiger partial charge in [0, 0.05) is 14.9 Å². The molecule has 2 heteroatoms. The van der Waals surface area contributed by atoms with Gasteiger partial charge in [0.25, 0.3) is 0 Å². The van der Waals surface area contributed by atoms with Crippen LogP contribution in [0.2, 0.25) is 0 Å². The second kappa shape index (κ2) is 5.18. The predicted octanol–water partition coefficient (Wildman–Crippen LogP) is 2.58. The van der Waals surface area contributed by atoms with Crippen molar-refractivity contribution in [2.45, 2.75) is 47.0 Å². The second-order valence-electron chi connectivity index (χ2n) is 4.50. The Kier molecular flexibility index (Phi) is 4.95. The molecule has 0 aromatic rings. The molecule has 0 atom stereocenters. The molecule has 0 rings (SSSR count). The van der Waals surface area contributed by atoms with E-state index in [1.54, 1.807) is 6.92 Å². The summed E-state index contributed by atoms with van der Waals surface area (Å²) >= 11 is 0. The molecule has 0 saturated carbocycles. The first-order valence-electron chi connectivity index (χ1n) is 4.66. The average Bonchev–Trinajstić information content (AvgIpc) is 1.83. The lowest BCUT2D eigenvalue weighted by atomic mass is 9.90. The van der Waals surface area contributed by atoms with Crippen molar-refractivity contribution in [2.75, 3.05) is 6.54 Å². The van der Waals surface area contributed by atoms with E-state index in [-0.39, 0.29) is 7.33 Å². The molecule has 1 N–H and O–H groups in total. The third-order valence-corrected chi connectivity index (χ3v) is 1.73. The minimum Gasteiger partial charge on any atom is -0.356 e. The van der Waals surface area contributed by atoms with Gasteiger partial charge < -0.3 is 5.32 Å². The van der Waals surface area contributed by atoms with Crippen molar-refractivity contribution < 1.29 is 6.22 Å². The maximum Gasteiger partial charge on any atom is 0.216 e. The molecular formula is C10H23NO. The number of rotatable bonds is 4. The molecule has 0 aromatic heterocycles. The molecule has 0 aliphatic carbocycles. The first-order chi connectivity index (χ1) is 5.42. The average molecular weight is 173 g/mol. The van der Waals surface area contributed by atoms with Crippen LogP contribution < -0.4 is 5.32 Å². The van der Waals surface area contributed by atoms with Gasteiger partial charge in [-0.3, -0.25) is 4.79 Å². The Morgan fingerprint density at radius 1 is 1.33 bits per heavy atom. The van der Waals surface area contributed by atoms with E-state index in [1.165, 1.54) is 12.8 Å². The summed E-state index contributed by atoms with van der Waals surface area (Å²) in [5.74, 6) is 0.0748. The van der Waals surface area contributed by atoms with E-state index in [0.717, 1.165) is 13.0 Å². The van der Waals surface area contributed by atoms with E-state index >= 15 is 0 Å². The minimum absolute atomic E-state index is 0. The quantitative estimate of drug-likeness (QED) is 0.650. The van der Waals surface area contributed by atoms with E-state index in [9.17, 15) is 4.79 Å². The van der Waals surface area contributed by atoms with Gasteiger partial charge in [-0.05, 0) is 18.3 Å². The molecule has 74 valence electrons. The first-order valence-corrected chi connectivity index (χ1v) is 4.66. The van der Waals surface area contributed by atoms with Gasteiger partial charge in [-0.1, -0.05) is 27.2 Å².